The zero-order valence-electron chi connectivity index (χ0n) is 18.2. The van der Waals surface area contributed by atoms with Crippen molar-refractivity contribution in [3.63, 3.8) is 0 Å². The summed E-state index contributed by atoms with van der Waals surface area (Å²) in [5, 5.41) is 11.2. The lowest BCUT2D eigenvalue weighted by molar-refractivity contribution is -0.115. The molecule has 1 aliphatic heterocycles. The molecule has 0 saturated carbocycles. The smallest absolute Gasteiger partial charge is 0.257 e. The first-order chi connectivity index (χ1) is 16.6. The normalized spacial score (nSPS) is 16.2. The van der Waals surface area contributed by atoms with Crippen molar-refractivity contribution in [1.82, 2.24) is 15.1 Å². The van der Waals surface area contributed by atoms with Crippen LogP contribution < -0.4 is 10.2 Å². The van der Waals surface area contributed by atoms with Gasteiger partial charge in [-0.15, -0.1) is 10.2 Å². The van der Waals surface area contributed by atoms with Gasteiger partial charge in [0, 0.05) is 49.6 Å². The summed E-state index contributed by atoms with van der Waals surface area (Å²) in [6, 6.07) is 18.9. The van der Waals surface area contributed by atoms with E-state index in [1.807, 2.05) is 29.2 Å². The van der Waals surface area contributed by atoms with E-state index in [9.17, 15) is 14.4 Å². The minimum absolute atomic E-state index is 0.189. The molecule has 0 unspecified atom stereocenters. The number of anilines is 2. The fraction of sp³-hybridized carbons (Fsp3) is 0.160. The predicted octanol–water partition coefficient (Wildman–Crippen LogP) is 3.03. The first-order valence-electron chi connectivity index (χ1n) is 10.9. The number of nitrogens with zero attached hydrogens (tertiary/aromatic N) is 4. The average Bonchev–Trinajstić information content (AvgIpc) is 3.34. The number of allylic oxidation sites excluding steroid dienone is 3. The van der Waals surface area contributed by atoms with Crippen LogP contribution in [-0.2, 0) is 9.59 Å². The number of ketones is 2. The van der Waals surface area contributed by atoms with E-state index in [1.165, 1.54) is 12.2 Å². The van der Waals surface area contributed by atoms with Crippen LogP contribution >= 0.6 is 11.3 Å². The Kier molecular flexibility index (Phi) is 6.01. The number of carbonyl (C=O) groups excluding carboxylic acids is 3. The molecule has 0 bridgehead atoms. The number of para-hydroxylation sites is 1. The molecule has 1 saturated heterocycles. The van der Waals surface area contributed by atoms with Gasteiger partial charge in [-0.05, 0) is 24.3 Å². The molecule has 1 amide bonds. The van der Waals surface area contributed by atoms with Gasteiger partial charge in [-0.25, -0.2) is 0 Å². The second kappa shape index (κ2) is 9.40. The standard InChI is InChI=1S/C25H21N5O3S/c31-21-16-20(30-13-11-29(12-14-30)18-9-5-2-6-10-18)22(32)15-19(21)24-27-28-25(34-24)26-23(33)17-7-3-1-4-8-17/h1-10,15-16H,11-14H2,(H,26,28,33). The maximum Gasteiger partial charge on any atom is 0.257 e. The van der Waals surface area contributed by atoms with Gasteiger partial charge in [0.2, 0.25) is 10.9 Å². The van der Waals surface area contributed by atoms with Crippen LogP contribution in [0.5, 0.6) is 0 Å². The highest BCUT2D eigenvalue weighted by atomic mass is 32.1. The summed E-state index contributed by atoms with van der Waals surface area (Å²) in [6.07, 6.45) is 2.71. The van der Waals surface area contributed by atoms with Crippen LogP contribution in [-0.4, -0.2) is 58.7 Å². The maximum atomic E-state index is 12.9. The molecule has 9 heteroatoms. The predicted molar refractivity (Wildman–Crippen MR) is 131 cm³/mol. The fourth-order valence-electron chi connectivity index (χ4n) is 3.95. The van der Waals surface area contributed by atoms with Crippen LogP contribution in [0.15, 0.2) is 78.5 Å². The van der Waals surface area contributed by atoms with Gasteiger partial charge in [-0.1, -0.05) is 47.7 Å². The Balaban J connectivity index is 1.24. The fourth-order valence-corrected chi connectivity index (χ4v) is 4.71. The molecule has 1 aromatic heterocycles. The Morgan fingerprint density at radius 2 is 1.44 bits per heavy atom. The number of hydrogen-bond donors (Lipinski definition) is 1. The Morgan fingerprint density at radius 1 is 0.794 bits per heavy atom. The summed E-state index contributed by atoms with van der Waals surface area (Å²) in [7, 11) is 0. The Bertz CT molecular complexity index is 1290. The van der Waals surface area contributed by atoms with Crippen LogP contribution in [0, 0.1) is 0 Å². The van der Waals surface area contributed by atoms with Crippen molar-refractivity contribution in [1.29, 1.82) is 0 Å². The molecule has 1 N–H and O–H groups in total. The van der Waals surface area contributed by atoms with E-state index >= 15 is 0 Å². The van der Waals surface area contributed by atoms with Gasteiger partial charge in [0.15, 0.2) is 10.8 Å². The number of hydrogen-bond acceptors (Lipinski definition) is 8. The van der Waals surface area contributed by atoms with Crippen molar-refractivity contribution in [3.8, 4) is 0 Å². The molecule has 1 fully saturated rings. The van der Waals surface area contributed by atoms with E-state index in [4.69, 9.17) is 0 Å². The van der Waals surface area contributed by atoms with Gasteiger partial charge in [0.25, 0.3) is 5.91 Å². The molecule has 5 rings (SSSR count). The largest absolute Gasteiger partial charge is 0.368 e. The third-order valence-electron chi connectivity index (χ3n) is 5.71. The third kappa shape index (κ3) is 4.51. The zero-order chi connectivity index (χ0) is 23.5. The Labute approximate surface area is 200 Å². The molecule has 0 spiro atoms. The van der Waals surface area contributed by atoms with Crippen molar-refractivity contribution in [2.24, 2.45) is 0 Å². The van der Waals surface area contributed by atoms with Gasteiger partial charge in [-0.2, -0.15) is 0 Å². The molecule has 0 atom stereocenters. The first kappa shape index (κ1) is 21.7. The molecule has 8 nitrogen and oxygen atoms in total. The topological polar surface area (TPSA) is 95.5 Å². The Morgan fingerprint density at radius 3 is 2.15 bits per heavy atom. The number of benzene rings is 2. The van der Waals surface area contributed by atoms with Crippen molar-refractivity contribution < 1.29 is 14.4 Å². The summed E-state index contributed by atoms with van der Waals surface area (Å²) in [6.45, 7) is 2.83. The van der Waals surface area contributed by atoms with E-state index in [0.717, 1.165) is 30.1 Å². The molecule has 3 aromatic rings. The quantitative estimate of drug-likeness (QED) is 0.572. The van der Waals surface area contributed by atoms with Crippen LogP contribution in [0.1, 0.15) is 15.4 Å². The highest BCUT2D eigenvalue weighted by molar-refractivity contribution is 7.16. The molecule has 2 aromatic carbocycles. The van der Waals surface area contributed by atoms with Gasteiger partial charge in [0.1, 0.15) is 0 Å². The maximum absolute atomic E-state index is 12.9. The molecule has 1 aliphatic carbocycles. The van der Waals surface area contributed by atoms with Crippen molar-refractivity contribution >= 4 is 45.2 Å². The van der Waals surface area contributed by atoms with E-state index < -0.39 is 0 Å². The van der Waals surface area contributed by atoms with E-state index in [-0.39, 0.29) is 28.2 Å². The summed E-state index contributed by atoms with van der Waals surface area (Å²) < 4.78 is 0. The van der Waals surface area contributed by atoms with Gasteiger partial charge < -0.3 is 9.80 Å². The second-order valence-corrected chi connectivity index (χ2v) is 8.84. The third-order valence-corrected chi connectivity index (χ3v) is 6.59. The summed E-state index contributed by atoms with van der Waals surface area (Å²) >= 11 is 1.06. The number of carbonyl (C=O) groups is 3. The molecule has 2 aliphatic rings. The minimum atomic E-state index is -0.319. The van der Waals surface area contributed by atoms with Gasteiger partial charge >= 0.3 is 0 Å². The van der Waals surface area contributed by atoms with Crippen LogP contribution in [0.2, 0.25) is 0 Å². The second-order valence-electron chi connectivity index (χ2n) is 7.86. The van der Waals surface area contributed by atoms with Crippen LogP contribution in [0.4, 0.5) is 10.8 Å². The highest BCUT2D eigenvalue weighted by Gasteiger charge is 2.29. The van der Waals surface area contributed by atoms with E-state index in [0.29, 0.717) is 29.4 Å². The van der Waals surface area contributed by atoms with E-state index in [2.05, 4.69) is 32.5 Å². The summed E-state index contributed by atoms with van der Waals surface area (Å²) in [4.78, 5) is 42.3. The van der Waals surface area contributed by atoms with E-state index in [1.54, 1.807) is 24.3 Å². The monoisotopic (exact) mass is 471 g/mol. The molecular formula is C25H21N5O3S. The molecule has 2 heterocycles. The average molecular weight is 472 g/mol. The summed E-state index contributed by atoms with van der Waals surface area (Å²) in [5.74, 6) is -0.842. The highest BCUT2D eigenvalue weighted by Crippen LogP contribution is 2.28. The summed E-state index contributed by atoms with van der Waals surface area (Å²) in [5.41, 5.74) is 2.23. The van der Waals surface area contributed by atoms with Crippen molar-refractivity contribution in [2.45, 2.75) is 0 Å². The number of amides is 1. The lowest BCUT2D eigenvalue weighted by Gasteiger charge is -2.38. The molecule has 170 valence electrons. The molecular weight excluding hydrogens is 450 g/mol. The lowest BCUT2D eigenvalue weighted by Crippen LogP contribution is -2.47. The first-order valence-corrected chi connectivity index (χ1v) is 11.7. The lowest BCUT2D eigenvalue weighted by atomic mass is 10.0. The van der Waals surface area contributed by atoms with Gasteiger partial charge in [0.05, 0.1) is 11.3 Å². The van der Waals surface area contributed by atoms with Gasteiger partial charge in [-0.3, -0.25) is 19.7 Å². The number of aromatic nitrogens is 2. The number of nitrogens with one attached hydrogen (secondary N) is 1. The Hall–Kier alpha value is -4.11. The minimum Gasteiger partial charge on any atom is -0.368 e. The molecule has 0 radical (unpaired) electrons. The molecule has 34 heavy (non-hydrogen) atoms. The SMILES string of the molecule is O=C1C=C(N2CCN(c3ccccc3)CC2)C(=O)C=C1c1nnc(NC(=O)c2ccccc2)s1. The van der Waals surface area contributed by atoms with Crippen LogP contribution in [0.25, 0.3) is 5.57 Å². The number of piperazine rings is 1. The zero-order valence-corrected chi connectivity index (χ0v) is 19.0. The van der Waals surface area contributed by atoms with Crippen molar-refractivity contribution in [2.75, 3.05) is 36.4 Å². The number of rotatable bonds is 5. The van der Waals surface area contributed by atoms with Crippen molar-refractivity contribution in [3.05, 3.63) is 89.1 Å². The van der Waals surface area contributed by atoms with Crippen LogP contribution in [0.3, 0.4) is 0 Å².